The van der Waals surface area contributed by atoms with E-state index in [0.717, 1.165) is 22.1 Å². The summed E-state index contributed by atoms with van der Waals surface area (Å²) in [7, 11) is 0. The standard InChI is InChI=1S/C15H11BrCl3NO/c16-11-2-1-9(7-12(11)18)20-14-3-4-21-15-10(14)5-8(17)6-13(15)19/h1-2,5-7,14,20H,3-4H2. The third kappa shape index (κ3) is 3.26. The molecule has 1 heterocycles. The van der Waals surface area contributed by atoms with Crippen LogP contribution in [0.5, 0.6) is 5.75 Å². The summed E-state index contributed by atoms with van der Waals surface area (Å²) in [5.74, 6) is 0.702. The molecule has 110 valence electrons. The molecule has 0 saturated heterocycles. The molecule has 3 rings (SSSR count). The topological polar surface area (TPSA) is 21.3 Å². The third-order valence-corrected chi connectivity index (χ3v) is 5.06. The van der Waals surface area contributed by atoms with Gasteiger partial charge in [-0.3, -0.25) is 0 Å². The molecule has 1 N–H and O–H groups in total. The highest BCUT2D eigenvalue weighted by atomic mass is 79.9. The first-order chi connectivity index (χ1) is 10.0. The minimum Gasteiger partial charge on any atom is -0.492 e. The fourth-order valence-corrected chi connectivity index (χ4v) is 3.35. The van der Waals surface area contributed by atoms with E-state index in [1.165, 1.54) is 0 Å². The fourth-order valence-electron chi connectivity index (χ4n) is 2.36. The van der Waals surface area contributed by atoms with Gasteiger partial charge < -0.3 is 10.1 Å². The van der Waals surface area contributed by atoms with E-state index >= 15 is 0 Å². The average Bonchev–Trinajstić information content (AvgIpc) is 2.44. The molecule has 1 aliphatic rings. The van der Waals surface area contributed by atoms with Crippen LogP contribution in [0.3, 0.4) is 0 Å². The van der Waals surface area contributed by atoms with Gasteiger partial charge in [-0.05, 0) is 46.3 Å². The number of nitrogens with one attached hydrogen (secondary N) is 1. The summed E-state index contributed by atoms with van der Waals surface area (Å²) in [5, 5.41) is 5.26. The van der Waals surface area contributed by atoms with Crippen LogP contribution in [0.25, 0.3) is 0 Å². The summed E-state index contributed by atoms with van der Waals surface area (Å²) >= 11 is 21.8. The summed E-state index contributed by atoms with van der Waals surface area (Å²) in [5.41, 5.74) is 1.91. The first kappa shape index (κ1) is 15.3. The summed E-state index contributed by atoms with van der Waals surface area (Å²) < 4.78 is 6.52. The van der Waals surface area contributed by atoms with Crippen LogP contribution >= 0.6 is 50.7 Å². The summed E-state index contributed by atoms with van der Waals surface area (Å²) in [4.78, 5) is 0. The van der Waals surface area contributed by atoms with E-state index in [4.69, 9.17) is 39.5 Å². The number of fused-ring (bicyclic) bond motifs is 1. The highest BCUT2D eigenvalue weighted by Gasteiger charge is 2.24. The van der Waals surface area contributed by atoms with Gasteiger partial charge in [0.25, 0.3) is 0 Å². The zero-order chi connectivity index (χ0) is 15.0. The maximum atomic E-state index is 6.20. The SMILES string of the molecule is Clc1cc(Cl)c2c(c1)C(Nc1ccc(Br)c(Cl)c1)CCO2. The zero-order valence-corrected chi connectivity index (χ0v) is 14.7. The molecule has 0 radical (unpaired) electrons. The van der Waals surface area contributed by atoms with Crippen molar-refractivity contribution in [3.8, 4) is 5.75 Å². The van der Waals surface area contributed by atoms with Crippen molar-refractivity contribution in [2.75, 3.05) is 11.9 Å². The van der Waals surface area contributed by atoms with Crippen molar-refractivity contribution in [1.29, 1.82) is 0 Å². The van der Waals surface area contributed by atoms with E-state index < -0.39 is 0 Å². The maximum Gasteiger partial charge on any atom is 0.143 e. The van der Waals surface area contributed by atoms with Gasteiger partial charge in [-0.15, -0.1) is 0 Å². The van der Waals surface area contributed by atoms with E-state index in [0.29, 0.717) is 27.4 Å². The molecular weight excluding hydrogens is 396 g/mol. The first-order valence-electron chi connectivity index (χ1n) is 6.38. The Bertz CT molecular complexity index is 693. The van der Waals surface area contributed by atoms with Gasteiger partial charge in [0.2, 0.25) is 0 Å². The van der Waals surface area contributed by atoms with Crippen LogP contribution in [0, 0.1) is 0 Å². The molecule has 1 aliphatic heterocycles. The number of benzene rings is 2. The van der Waals surface area contributed by atoms with Crippen LogP contribution in [-0.2, 0) is 0 Å². The summed E-state index contributed by atoms with van der Waals surface area (Å²) in [6.45, 7) is 0.607. The van der Waals surface area contributed by atoms with Gasteiger partial charge in [0.1, 0.15) is 5.75 Å². The molecule has 2 aromatic rings. The molecule has 0 fully saturated rings. The van der Waals surface area contributed by atoms with E-state index in [-0.39, 0.29) is 6.04 Å². The first-order valence-corrected chi connectivity index (χ1v) is 8.30. The molecule has 1 atom stereocenters. The molecular formula is C15H11BrCl3NO. The highest BCUT2D eigenvalue weighted by molar-refractivity contribution is 9.10. The minimum atomic E-state index is 0.0854. The maximum absolute atomic E-state index is 6.20. The van der Waals surface area contributed by atoms with Gasteiger partial charge in [0.05, 0.1) is 22.7 Å². The molecule has 0 amide bonds. The lowest BCUT2D eigenvalue weighted by atomic mass is 10.00. The lowest BCUT2D eigenvalue weighted by Crippen LogP contribution is -2.20. The minimum absolute atomic E-state index is 0.0854. The van der Waals surface area contributed by atoms with Crippen LogP contribution in [0.1, 0.15) is 18.0 Å². The Hall–Kier alpha value is -0.610. The summed E-state index contributed by atoms with van der Waals surface area (Å²) in [6.07, 6.45) is 0.831. The van der Waals surface area contributed by atoms with Gasteiger partial charge in [-0.1, -0.05) is 34.8 Å². The molecule has 0 aliphatic carbocycles. The second kappa shape index (κ2) is 6.25. The monoisotopic (exact) mass is 405 g/mol. The number of rotatable bonds is 2. The third-order valence-electron chi connectivity index (χ3n) is 3.33. The molecule has 0 aromatic heterocycles. The van der Waals surface area contributed by atoms with Crippen LogP contribution in [-0.4, -0.2) is 6.61 Å². The number of hydrogen-bond donors (Lipinski definition) is 1. The van der Waals surface area contributed by atoms with Gasteiger partial charge >= 0.3 is 0 Å². The van der Waals surface area contributed by atoms with Crippen molar-refractivity contribution in [2.45, 2.75) is 12.5 Å². The molecule has 0 saturated carbocycles. The van der Waals surface area contributed by atoms with Crippen molar-refractivity contribution in [3.63, 3.8) is 0 Å². The fraction of sp³-hybridized carbons (Fsp3) is 0.200. The van der Waals surface area contributed by atoms with Crippen LogP contribution in [0.2, 0.25) is 15.1 Å². The molecule has 6 heteroatoms. The highest BCUT2D eigenvalue weighted by Crippen LogP contribution is 2.41. The largest absolute Gasteiger partial charge is 0.492 e. The Morgan fingerprint density at radius 2 is 1.90 bits per heavy atom. The number of hydrogen-bond acceptors (Lipinski definition) is 2. The van der Waals surface area contributed by atoms with Crippen LogP contribution in [0.15, 0.2) is 34.8 Å². The predicted octanol–water partition coefficient (Wildman–Crippen LogP) is 6.35. The number of anilines is 1. The predicted molar refractivity (Wildman–Crippen MR) is 92.1 cm³/mol. The van der Waals surface area contributed by atoms with E-state index in [1.807, 2.05) is 24.3 Å². The van der Waals surface area contributed by atoms with E-state index in [9.17, 15) is 0 Å². The second-order valence-electron chi connectivity index (χ2n) is 4.77. The second-order valence-corrected chi connectivity index (χ2v) is 6.87. The molecule has 2 aromatic carbocycles. The molecule has 21 heavy (non-hydrogen) atoms. The average molecular weight is 408 g/mol. The summed E-state index contributed by atoms with van der Waals surface area (Å²) in [6, 6.07) is 9.43. The smallest absolute Gasteiger partial charge is 0.143 e. The van der Waals surface area contributed by atoms with Crippen LogP contribution < -0.4 is 10.1 Å². The normalized spacial score (nSPS) is 17.0. The van der Waals surface area contributed by atoms with Gasteiger partial charge in [0.15, 0.2) is 0 Å². The Labute approximate surface area is 146 Å². The Morgan fingerprint density at radius 1 is 1.10 bits per heavy atom. The Morgan fingerprint density at radius 3 is 2.67 bits per heavy atom. The van der Waals surface area contributed by atoms with Crippen molar-refractivity contribution >= 4 is 56.4 Å². The quantitative estimate of drug-likeness (QED) is 0.627. The van der Waals surface area contributed by atoms with Crippen molar-refractivity contribution in [1.82, 2.24) is 0 Å². The zero-order valence-electron chi connectivity index (χ0n) is 10.8. The molecule has 1 unspecified atom stereocenters. The van der Waals surface area contributed by atoms with Gasteiger partial charge in [-0.25, -0.2) is 0 Å². The van der Waals surface area contributed by atoms with Crippen LogP contribution in [0.4, 0.5) is 5.69 Å². The van der Waals surface area contributed by atoms with Gasteiger partial charge in [0, 0.05) is 27.2 Å². The number of halogens is 4. The van der Waals surface area contributed by atoms with Crippen molar-refractivity contribution in [3.05, 3.63) is 55.4 Å². The van der Waals surface area contributed by atoms with E-state index in [2.05, 4.69) is 21.2 Å². The lowest BCUT2D eigenvalue weighted by molar-refractivity contribution is 0.274. The lowest BCUT2D eigenvalue weighted by Gasteiger charge is -2.28. The van der Waals surface area contributed by atoms with Crippen molar-refractivity contribution in [2.24, 2.45) is 0 Å². The Balaban J connectivity index is 1.93. The Kier molecular flexibility index (Phi) is 4.55. The van der Waals surface area contributed by atoms with Gasteiger partial charge in [-0.2, -0.15) is 0 Å². The van der Waals surface area contributed by atoms with E-state index in [1.54, 1.807) is 6.07 Å². The van der Waals surface area contributed by atoms with Crippen molar-refractivity contribution < 1.29 is 4.74 Å². The molecule has 2 nitrogen and oxygen atoms in total. The molecule has 0 bridgehead atoms. The molecule has 0 spiro atoms. The number of ether oxygens (including phenoxy) is 1.